The van der Waals surface area contributed by atoms with Crippen LogP contribution in [0.5, 0.6) is 0 Å². The molecule has 2 N–H and O–H groups in total. The van der Waals surface area contributed by atoms with Gasteiger partial charge in [0, 0.05) is 12.6 Å². The van der Waals surface area contributed by atoms with Crippen LogP contribution >= 0.6 is 34.8 Å². The fourth-order valence-corrected chi connectivity index (χ4v) is 2.87. The minimum atomic E-state index is -0.298. The Balaban J connectivity index is 2.33. The number of piperidine rings is 1. The number of carbonyl (C=O) groups excluding carboxylic acids is 1. The van der Waals surface area contributed by atoms with E-state index in [1.165, 1.54) is 0 Å². The molecule has 1 fully saturated rings. The van der Waals surface area contributed by atoms with Gasteiger partial charge in [-0.05, 0) is 25.8 Å². The number of nitrogens with two attached hydrogens (primary N) is 1. The Morgan fingerprint density at radius 1 is 1.37 bits per heavy atom. The van der Waals surface area contributed by atoms with Gasteiger partial charge >= 0.3 is 0 Å². The van der Waals surface area contributed by atoms with Crippen molar-refractivity contribution in [1.82, 2.24) is 4.98 Å². The standard InChI is InChI=1S/C12H14Cl3N3O/c1-6-2-3-7(11(16)19)5-18(6)12-9(14)4-8(13)10(15)17-12/h4,6-7H,2-3,5H2,1H3,(H2,16,19). The average Bonchev–Trinajstić information content (AvgIpc) is 2.34. The van der Waals surface area contributed by atoms with Crippen molar-refractivity contribution in [1.29, 1.82) is 0 Å². The lowest BCUT2D eigenvalue weighted by atomic mass is 9.93. The summed E-state index contributed by atoms with van der Waals surface area (Å²) in [5.41, 5.74) is 5.38. The van der Waals surface area contributed by atoms with Crippen LogP contribution in [0.15, 0.2) is 6.07 Å². The zero-order valence-electron chi connectivity index (χ0n) is 10.4. The van der Waals surface area contributed by atoms with Gasteiger partial charge in [0.1, 0.15) is 11.0 Å². The molecule has 1 aliphatic heterocycles. The van der Waals surface area contributed by atoms with Crippen LogP contribution in [-0.2, 0) is 4.79 Å². The predicted molar refractivity (Wildman–Crippen MR) is 78.0 cm³/mol. The molecule has 19 heavy (non-hydrogen) atoms. The van der Waals surface area contributed by atoms with Crippen molar-refractivity contribution in [2.45, 2.75) is 25.8 Å². The molecule has 1 aliphatic rings. The Morgan fingerprint density at radius 3 is 2.68 bits per heavy atom. The molecule has 1 aromatic heterocycles. The highest BCUT2D eigenvalue weighted by Gasteiger charge is 2.30. The highest BCUT2D eigenvalue weighted by molar-refractivity contribution is 6.42. The van der Waals surface area contributed by atoms with Crippen LogP contribution in [-0.4, -0.2) is 23.5 Å². The zero-order valence-corrected chi connectivity index (χ0v) is 12.6. The molecule has 0 bridgehead atoms. The summed E-state index contributed by atoms with van der Waals surface area (Å²) in [5.74, 6) is 0.0612. The Bertz CT molecular complexity index is 509. The van der Waals surface area contributed by atoms with E-state index in [1.807, 2.05) is 4.90 Å². The Kier molecular flexibility index (Phi) is 4.43. The van der Waals surface area contributed by atoms with E-state index in [0.717, 1.165) is 12.8 Å². The minimum absolute atomic E-state index is 0.191. The number of aromatic nitrogens is 1. The molecular weight excluding hydrogens is 309 g/mol. The van der Waals surface area contributed by atoms with Crippen molar-refractivity contribution in [3.8, 4) is 0 Å². The molecule has 1 aromatic rings. The fourth-order valence-electron chi connectivity index (χ4n) is 2.27. The van der Waals surface area contributed by atoms with E-state index < -0.39 is 0 Å². The molecule has 0 aliphatic carbocycles. The van der Waals surface area contributed by atoms with E-state index in [2.05, 4.69) is 11.9 Å². The van der Waals surface area contributed by atoms with Crippen LogP contribution in [0.4, 0.5) is 5.82 Å². The first kappa shape index (κ1) is 14.7. The summed E-state index contributed by atoms with van der Waals surface area (Å²) in [5, 5.41) is 0.937. The topological polar surface area (TPSA) is 59.2 Å². The van der Waals surface area contributed by atoms with Gasteiger partial charge in [-0.3, -0.25) is 4.79 Å². The number of nitrogens with zero attached hydrogens (tertiary/aromatic N) is 2. The van der Waals surface area contributed by atoms with Gasteiger partial charge in [0.2, 0.25) is 5.91 Å². The quantitative estimate of drug-likeness (QED) is 0.851. The van der Waals surface area contributed by atoms with Crippen molar-refractivity contribution < 1.29 is 4.79 Å². The molecule has 2 rings (SSSR count). The first-order chi connectivity index (χ1) is 8.90. The van der Waals surface area contributed by atoms with Gasteiger partial charge in [-0.1, -0.05) is 34.8 Å². The average molecular weight is 323 g/mol. The van der Waals surface area contributed by atoms with E-state index in [9.17, 15) is 4.79 Å². The molecule has 0 aromatic carbocycles. The van der Waals surface area contributed by atoms with E-state index >= 15 is 0 Å². The van der Waals surface area contributed by atoms with Gasteiger partial charge in [0.25, 0.3) is 0 Å². The SMILES string of the molecule is CC1CCC(C(N)=O)CN1c1nc(Cl)c(Cl)cc1Cl. The molecule has 4 nitrogen and oxygen atoms in total. The van der Waals surface area contributed by atoms with Crippen molar-refractivity contribution in [2.24, 2.45) is 11.7 Å². The third kappa shape index (κ3) is 3.07. The van der Waals surface area contributed by atoms with Gasteiger partial charge in [-0.2, -0.15) is 0 Å². The maximum atomic E-state index is 11.3. The lowest BCUT2D eigenvalue weighted by Crippen LogP contribution is -2.46. The summed E-state index contributed by atoms with van der Waals surface area (Å²) < 4.78 is 0. The molecule has 104 valence electrons. The van der Waals surface area contributed by atoms with Gasteiger partial charge in [-0.25, -0.2) is 4.98 Å². The van der Waals surface area contributed by atoms with Crippen LogP contribution in [0.25, 0.3) is 0 Å². The molecule has 2 unspecified atom stereocenters. The zero-order chi connectivity index (χ0) is 14.2. The molecule has 2 atom stereocenters. The third-order valence-electron chi connectivity index (χ3n) is 3.42. The monoisotopic (exact) mass is 321 g/mol. The second-order valence-corrected chi connectivity index (χ2v) is 5.92. The van der Waals surface area contributed by atoms with Crippen LogP contribution in [0.3, 0.4) is 0 Å². The molecule has 7 heteroatoms. The lowest BCUT2D eigenvalue weighted by Gasteiger charge is -2.38. The number of hydrogen-bond donors (Lipinski definition) is 1. The minimum Gasteiger partial charge on any atom is -0.369 e. The molecular formula is C12H14Cl3N3O. The van der Waals surface area contributed by atoms with Crippen LogP contribution < -0.4 is 10.6 Å². The molecule has 0 saturated carbocycles. The fraction of sp³-hybridized carbons (Fsp3) is 0.500. The number of primary amides is 1. The smallest absolute Gasteiger partial charge is 0.222 e. The van der Waals surface area contributed by atoms with Gasteiger partial charge in [-0.15, -0.1) is 0 Å². The number of pyridine rings is 1. The summed E-state index contributed by atoms with van der Waals surface area (Å²) >= 11 is 18.0. The number of rotatable bonds is 2. The Hall–Kier alpha value is -0.710. The van der Waals surface area contributed by atoms with Gasteiger partial charge in [0.05, 0.1) is 16.0 Å². The number of carbonyl (C=O) groups is 1. The Labute approximate surface area is 126 Å². The molecule has 2 heterocycles. The van der Waals surface area contributed by atoms with Crippen LogP contribution in [0.2, 0.25) is 15.2 Å². The second kappa shape index (κ2) is 5.73. The molecule has 1 amide bonds. The van der Waals surface area contributed by atoms with Crippen molar-refractivity contribution >= 4 is 46.5 Å². The van der Waals surface area contributed by atoms with Crippen LogP contribution in [0.1, 0.15) is 19.8 Å². The Morgan fingerprint density at radius 2 is 2.05 bits per heavy atom. The number of amides is 1. The largest absolute Gasteiger partial charge is 0.369 e. The summed E-state index contributed by atoms with van der Waals surface area (Å²) in [6.07, 6.45) is 1.64. The van der Waals surface area contributed by atoms with Crippen molar-refractivity contribution in [3.05, 3.63) is 21.3 Å². The summed E-state index contributed by atoms with van der Waals surface area (Å²) in [4.78, 5) is 17.5. The summed E-state index contributed by atoms with van der Waals surface area (Å²) in [6, 6.07) is 1.78. The van der Waals surface area contributed by atoms with Gasteiger partial charge in [0.15, 0.2) is 0 Å². The highest BCUT2D eigenvalue weighted by Crippen LogP contribution is 2.35. The van der Waals surface area contributed by atoms with Crippen molar-refractivity contribution in [2.75, 3.05) is 11.4 Å². The third-order valence-corrected chi connectivity index (χ3v) is 4.38. The summed E-state index contributed by atoms with van der Waals surface area (Å²) in [7, 11) is 0. The van der Waals surface area contributed by atoms with E-state index in [1.54, 1.807) is 6.07 Å². The second-order valence-electron chi connectivity index (χ2n) is 4.74. The maximum absolute atomic E-state index is 11.3. The normalized spacial score (nSPS) is 23.5. The van der Waals surface area contributed by atoms with E-state index in [0.29, 0.717) is 22.4 Å². The molecule has 1 saturated heterocycles. The van der Waals surface area contributed by atoms with Crippen molar-refractivity contribution in [3.63, 3.8) is 0 Å². The summed E-state index contributed by atoms with van der Waals surface area (Å²) in [6.45, 7) is 2.55. The predicted octanol–water partition coefficient (Wildman–Crippen LogP) is 3.13. The van der Waals surface area contributed by atoms with Crippen LogP contribution in [0, 0.1) is 5.92 Å². The van der Waals surface area contributed by atoms with E-state index in [-0.39, 0.29) is 23.0 Å². The first-order valence-electron chi connectivity index (χ1n) is 5.97. The maximum Gasteiger partial charge on any atom is 0.222 e. The number of hydrogen-bond acceptors (Lipinski definition) is 3. The number of anilines is 1. The first-order valence-corrected chi connectivity index (χ1v) is 7.11. The van der Waals surface area contributed by atoms with E-state index in [4.69, 9.17) is 40.5 Å². The molecule has 0 spiro atoms. The lowest BCUT2D eigenvalue weighted by molar-refractivity contribution is -0.122. The van der Waals surface area contributed by atoms with Gasteiger partial charge < -0.3 is 10.6 Å². The molecule has 0 radical (unpaired) electrons. The number of halogens is 3. The highest BCUT2D eigenvalue weighted by atomic mass is 35.5.